The van der Waals surface area contributed by atoms with Crippen molar-refractivity contribution in [3.63, 3.8) is 0 Å². The van der Waals surface area contributed by atoms with Crippen LogP contribution in [0.1, 0.15) is 73.4 Å². The van der Waals surface area contributed by atoms with E-state index in [0.29, 0.717) is 19.3 Å². The van der Waals surface area contributed by atoms with Crippen LogP contribution in [0.4, 0.5) is 0 Å². The molecule has 0 aromatic heterocycles. The molecule has 3 aromatic carbocycles. The molecule has 45 heavy (non-hydrogen) atoms. The second-order valence-electron chi connectivity index (χ2n) is 12.6. The molecule has 0 fully saturated rings. The molecule has 5 heteroatoms. The number of carbonyl (C=O) groups is 3. The van der Waals surface area contributed by atoms with Crippen molar-refractivity contribution < 1.29 is 23.9 Å². The van der Waals surface area contributed by atoms with Crippen molar-refractivity contribution in [2.75, 3.05) is 13.2 Å². The maximum absolute atomic E-state index is 12.9. The number of ether oxygens (including phenoxy) is 2. The highest BCUT2D eigenvalue weighted by Gasteiger charge is 2.18. The average molecular weight is 611 g/mol. The minimum absolute atomic E-state index is 0.0521. The molecule has 0 amide bonds. The molecule has 5 nitrogen and oxygen atoms in total. The summed E-state index contributed by atoms with van der Waals surface area (Å²) < 4.78 is 11.5. The van der Waals surface area contributed by atoms with Crippen molar-refractivity contribution in [3.8, 4) is 0 Å². The molecule has 0 saturated heterocycles. The van der Waals surface area contributed by atoms with Crippen molar-refractivity contribution in [1.82, 2.24) is 0 Å². The second kappa shape index (κ2) is 18.7. The van der Waals surface area contributed by atoms with E-state index in [0.717, 1.165) is 43.1 Å². The van der Waals surface area contributed by atoms with Crippen LogP contribution in [-0.4, -0.2) is 31.4 Å². The van der Waals surface area contributed by atoms with Gasteiger partial charge in [-0.05, 0) is 81.0 Å². The standard InChI is InChI=1S/C40H50O5/c1-29-6-13-34(14-7-29)18-11-32(4)39(42)44-27-38(25-24-37-22-20-36(21-23-37)17-10-31(3)26-41)28-45-40(43)33(5)12-19-35-15-8-30(2)9-16-35/h6-9,13-16,20-23,25-26,31-33H,10-12,17-19,24,27-28H2,1-5H3. The van der Waals surface area contributed by atoms with E-state index in [9.17, 15) is 14.4 Å². The summed E-state index contributed by atoms with van der Waals surface area (Å²) in [6.45, 7) is 10.0. The van der Waals surface area contributed by atoms with E-state index < -0.39 is 0 Å². The Kier molecular flexibility index (Phi) is 14.8. The Morgan fingerprint density at radius 3 is 1.40 bits per heavy atom. The molecular formula is C40H50O5. The molecule has 0 radical (unpaired) electrons. The first-order valence-electron chi connectivity index (χ1n) is 16.3. The molecule has 0 aliphatic heterocycles. The van der Waals surface area contributed by atoms with Gasteiger partial charge in [0.15, 0.2) is 0 Å². The number of esters is 2. The number of rotatable bonds is 18. The molecular weight excluding hydrogens is 560 g/mol. The fraction of sp³-hybridized carbons (Fsp3) is 0.425. The Bertz CT molecular complexity index is 1300. The van der Waals surface area contributed by atoms with Crippen LogP contribution in [0.5, 0.6) is 0 Å². The molecule has 3 aromatic rings. The molecule has 3 unspecified atom stereocenters. The maximum Gasteiger partial charge on any atom is 0.308 e. The maximum atomic E-state index is 12.9. The number of benzene rings is 3. The minimum atomic E-state index is -0.250. The number of aldehydes is 1. The predicted octanol–water partition coefficient (Wildman–Crippen LogP) is 8.16. The Labute approximate surface area is 270 Å². The van der Waals surface area contributed by atoms with Gasteiger partial charge in [0.05, 0.1) is 11.8 Å². The summed E-state index contributed by atoms with van der Waals surface area (Å²) in [7, 11) is 0. The van der Waals surface area contributed by atoms with Crippen molar-refractivity contribution in [2.45, 2.75) is 79.6 Å². The molecule has 0 bridgehead atoms. The normalized spacial score (nSPS) is 12.9. The summed E-state index contributed by atoms with van der Waals surface area (Å²) >= 11 is 0. The summed E-state index contributed by atoms with van der Waals surface area (Å²) in [4.78, 5) is 36.7. The predicted molar refractivity (Wildman–Crippen MR) is 181 cm³/mol. The molecule has 0 heterocycles. The van der Waals surface area contributed by atoms with Gasteiger partial charge in [0, 0.05) is 11.5 Å². The lowest BCUT2D eigenvalue weighted by Gasteiger charge is -2.16. The van der Waals surface area contributed by atoms with Gasteiger partial charge in [0.25, 0.3) is 0 Å². The summed E-state index contributed by atoms with van der Waals surface area (Å²) in [5.41, 5.74) is 7.90. The molecule has 0 N–H and O–H groups in total. The zero-order valence-corrected chi connectivity index (χ0v) is 27.7. The lowest BCUT2D eigenvalue weighted by atomic mass is 10.00. The average Bonchev–Trinajstić information content (AvgIpc) is 3.06. The first kappa shape index (κ1) is 35.5. The third-order valence-electron chi connectivity index (χ3n) is 8.35. The van der Waals surface area contributed by atoms with E-state index in [4.69, 9.17) is 9.47 Å². The minimum Gasteiger partial charge on any atom is -0.461 e. The van der Waals surface area contributed by atoms with Gasteiger partial charge in [-0.1, -0.05) is 111 Å². The Morgan fingerprint density at radius 1 is 0.600 bits per heavy atom. The SMILES string of the molecule is Cc1ccc(CCC(C)C(=O)OCC(=CCc2ccc(CCC(C)C=O)cc2)COC(=O)C(C)CCc2ccc(C)cc2)cc1. The van der Waals surface area contributed by atoms with Crippen LogP contribution >= 0.6 is 0 Å². The lowest BCUT2D eigenvalue weighted by Crippen LogP contribution is -2.21. The molecule has 0 aliphatic carbocycles. The first-order valence-corrected chi connectivity index (χ1v) is 16.3. The third-order valence-corrected chi connectivity index (χ3v) is 8.35. The van der Waals surface area contributed by atoms with E-state index >= 15 is 0 Å². The largest absolute Gasteiger partial charge is 0.461 e. The Balaban J connectivity index is 1.57. The molecule has 3 rings (SSSR count). The first-order chi connectivity index (χ1) is 21.6. The van der Waals surface area contributed by atoms with Gasteiger partial charge in [0.1, 0.15) is 19.5 Å². The van der Waals surface area contributed by atoms with Crippen molar-refractivity contribution >= 4 is 18.2 Å². The summed E-state index contributed by atoms with van der Waals surface area (Å²) in [6, 6.07) is 25.1. The fourth-order valence-electron chi connectivity index (χ4n) is 4.85. The van der Waals surface area contributed by atoms with Crippen LogP contribution in [0.3, 0.4) is 0 Å². The zero-order valence-electron chi connectivity index (χ0n) is 27.7. The number of allylic oxidation sites excluding steroid dienone is 1. The number of hydrogen-bond donors (Lipinski definition) is 0. The zero-order chi connectivity index (χ0) is 32.6. The van der Waals surface area contributed by atoms with Gasteiger partial charge >= 0.3 is 11.9 Å². The number of carbonyl (C=O) groups excluding carboxylic acids is 3. The van der Waals surface area contributed by atoms with Crippen LogP contribution in [0, 0.1) is 31.6 Å². The van der Waals surface area contributed by atoms with Crippen molar-refractivity contribution in [1.29, 1.82) is 0 Å². The quantitative estimate of drug-likeness (QED) is 0.0826. The van der Waals surface area contributed by atoms with Crippen molar-refractivity contribution in [2.24, 2.45) is 17.8 Å². The summed E-state index contributed by atoms with van der Waals surface area (Å²) in [6.07, 6.45) is 8.32. The van der Waals surface area contributed by atoms with Gasteiger partial charge in [-0.3, -0.25) is 9.59 Å². The highest BCUT2D eigenvalue weighted by molar-refractivity contribution is 5.73. The van der Waals surface area contributed by atoms with E-state index in [2.05, 4.69) is 86.6 Å². The highest BCUT2D eigenvalue weighted by Crippen LogP contribution is 2.16. The van der Waals surface area contributed by atoms with Crippen LogP contribution < -0.4 is 0 Å². The van der Waals surface area contributed by atoms with E-state index in [1.54, 1.807) is 0 Å². The summed E-state index contributed by atoms with van der Waals surface area (Å²) in [5, 5.41) is 0. The molecule has 3 atom stereocenters. The number of aryl methyl sites for hydroxylation is 5. The van der Waals surface area contributed by atoms with Gasteiger partial charge in [-0.2, -0.15) is 0 Å². The van der Waals surface area contributed by atoms with Crippen LogP contribution in [0.25, 0.3) is 0 Å². The van der Waals surface area contributed by atoms with E-state index in [1.807, 2.05) is 26.8 Å². The fourth-order valence-corrected chi connectivity index (χ4v) is 4.85. The summed E-state index contributed by atoms with van der Waals surface area (Å²) in [5.74, 6) is -0.937. The topological polar surface area (TPSA) is 69.7 Å². The van der Waals surface area contributed by atoms with Crippen LogP contribution in [0.2, 0.25) is 0 Å². The monoisotopic (exact) mass is 610 g/mol. The van der Waals surface area contributed by atoms with Crippen LogP contribution in [-0.2, 0) is 49.5 Å². The van der Waals surface area contributed by atoms with E-state index in [-0.39, 0.29) is 42.9 Å². The van der Waals surface area contributed by atoms with Gasteiger partial charge in [-0.15, -0.1) is 0 Å². The number of hydrogen-bond acceptors (Lipinski definition) is 5. The van der Waals surface area contributed by atoms with E-state index in [1.165, 1.54) is 27.8 Å². The van der Waals surface area contributed by atoms with Gasteiger partial charge < -0.3 is 14.3 Å². The van der Waals surface area contributed by atoms with Gasteiger partial charge in [0.2, 0.25) is 0 Å². The highest BCUT2D eigenvalue weighted by atomic mass is 16.5. The third kappa shape index (κ3) is 13.3. The molecule has 0 aliphatic rings. The van der Waals surface area contributed by atoms with Gasteiger partial charge in [-0.25, -0.2) is 0 Å². The Hall–Kier alpha value is -3.99. The molecule has 0 spiro atoms. The molecule has 240 valence electrons. The lowest BCUT2D eigenvalue weighted by molar-refractivity contribution is -0.148. The smallest absolute Gasteiger partial charge is 0.308 e. The second-order valence-corrected chi connectivity index (χ2v) is 12.6. The Morgan fingerprint density at radius 2 is 0.978 bits per heavy atom. The molecule has 0 saturated carbocycles. The van der Waals surface area contributed by atoms with Crippen molar-refractivity contribution in [3.05, 3.63) is 118 Å². The van der Waals surface area contributed by atoms with Crippen LogP contribution in [0.15, 0.2) is 84.4 Å².